The lowest BCUT2D eigenvalue weighted by Gasteiger charge is -2.32. The van der Waals surface area contributed by atoms with Gasteiger partial charge < -0.3 is 20.1 Å². The predicted octanol–water partition coefficient (Wildman–Crippen LogP) is 1.78. The summed E-state index contributed by atoms with van der Waals surface area (Å²) in [5, 5.41) is 0. The van der Waals surface area contributed by atoms with E-state index in [1.165, 1.54) is 0 Å². The molecular formula is C15H22N2O3. The lowest BCUT2D eigenvalue weighted by molar-refractivity contribution is 0.0610. The second-order valence-electron chi connectivity index (χ2n) is 5.15. The third-order valence-electron chi connectivity index (χ3n) is 3.76. The van der Waals surface area contributed by atoms with E-state index in [0.29, 0.717) is 22.9 Å². The smallest absolute Gasteiger partial charge is 0.257 e. The van der Waals surface area contributed by atoms with E-state index >= 15 is 0 Å². The Labute approximate surface area is 119 Å². The number of piperidine rings is 1. The first-order valence-electron chi connectivity index (χ1n) is 6.87. The Balaban J connectivity index is 2.07. The van der Waals surface area contributed by atoms with Crippen LogP contribution < -0.4 is 10.5 Å². The van der Waals surface area contributed by atoms with Crippen LogP contribution in [0.4, 0.5) is 5.69 Å². The van der Waals surface area contributed by atoms with Crippen LogP contribution in [0.5, 0.6) is 5.75 Å². The molecule has 0 saturated carbocycles. The number of nitrogen functional groups attached to an aromatic ring is 1. The molecule has 1 aromatic rings. The highest BCUT2D eigenvalue weighted by atomic mass is 16.5. The fraction of sp³-hybridized carbons (Fsp3) is 0.533. The molecule has 1 aliphatic rings. The van der Waals surface area contributed by atoms with Gasteiger partial charge in [-0.1, -0.05) is 0 Å². The summed E-state index contributed by atoms with van der Waals surface area (Å²) in [7, 11) is 3.28. The molecule has 110 valence electrons. The number of nitrogens with two attached hydrogens (primary N) is 1. The number of rotatable bonds is 4. The highest BCUT2D eigenvalue weighted by Crippen LogP contribution is 2.25. The largest absolute Gasteiger partial charge is 0.496 e. The molecule has 1 amide bonds. The molecule has 0 unspecified atom stereocenters. The SMILES string of the molecule is COCC1CCN(C(=O)c2cc(N)ccc2OC)CC1. The average molecular weight is 278 g/mol. The Kier molecular flexibility index (Phi) is 4.84. The number of carbonyl (C=O) groups excluding carboxylic acids is 1. The number of nitrogens with zero attached hydrogens (tertiary/aromatic N) is 1. The van der Waals surface area contributed by atoms with Crippen molar-refractivity contribution in [2.24, 2.45) is 5.92 Å². The van der Waals surface area contributed by atoms with Crippen molar-refractivity contribution in [2.75, 3.05) is 39.6 Å². The Morgan fingerprint density at radius 3 is 2.65 bits per heavy atom. The lowest BCUT2D eigenvalue weighted by Crippen LogP contribution is -2.39. The zero-order chi connectivity index (χ0) is 14.5. The van der Waals surface area contributed by atoms with E-state index in [2.05, 4.69) is 0 Å². The maximum Gasteiger partial charge on any atom is 0.257 e. The second kappa shape index (κ2) is 6.61. The number of likely N-dealkylation sites (tertiary alicyclic amines) is 1. The minimum absolute atomic E-state index is 0.00924. The number of carbonyl (C=O) groups is 1. The van der Waals surface area contributed by atoms with E-state index in [-0.39, 0.29) is 5.91 Å². The van der Waals surface area contributed by atoms with Gasteiger partial charge in [-0.3, -0.25) is 4.79 Å². The van der Waals surface area contributed by atoms with Gasteiger partial charge in [0.25, 0.3) is 5.91 Å². The quantitative estimate of drug-likeness (QED) is 0.853. The van der Waals surface area contributed by atoms with Crippen LogP contribution in [0, 0.1) is 5.92 Å². The third-order valence-corrected chi connectivity index (χ3v) is 3.76. The molecule has 1 fully saturated rings. The van der Waals surface area contributed by atoms with Crippen LogP contribution >= 0.6 is 0 Å². The Hall–Kier alpha value is -1.75. The first-order chi connectivity index (χ1) is 9.65. The summed E-state index contributed by atoms with van der Waals surface area (Å²) in [6.45, 7) is 2.28. The molecule has 5 nitrogen and oxygen atoms in total. The van der Waals surface area contributed by atoms with Gasteiger partial charge in [0.15, 0.2) is 0 Å². The van der Waals surface area contributed by atoms with E-state index in [1.54, 1.807) is 32.4 Å². The van der Waals surface area contributed by atoms with Gasteiger partial charge in [-0.15, -0.1) is 0 Å². The lowest BCUT2D eigenvalue weighted by atomic mass is 9.97. The summed E-state index contributed by atoms with van der Waals surface area (Å²) in [6, 6.07) is 5.16. The van der Waals surface area contributed by atoms with E-state index < -0.39 is 0 Å². The second-order valence-corrected chi connectivity index (χ2v) is 5.15. The van der Waals surface area contributed by atoms with Crippen LogP contribution in [0.15, 0.2) is 18.2 Å². The Morgan fingerprint density at radius 1 is 1.35 bits per heavy atom. The first-order valence-corrected chi connectivity index (χ1v) is 6.87. The van der Waals surface area contributed by atoms with E-state index in [1.807, 2.05) is 4.90 Å². The summed E-state index contributed by atoms with van der Waals surface area (Å²) < 4.78 is 10.4. The normalized spacial score (nSPS) is 16.2. The molecule has 0 aliphatic carbocycles. The number of amides is 1. The van der Waals surface area contributed by atoms with Gasteiger partial charge in [0.1, 0.15) is 5.75 Å². The Bertz CT molecular complexity index is 468. The minimum Gasteiger partial charge on any atom is -0.496 e. The molecule has 2 N–H and O–H groups in total. The van der Waals surface area contributed by atoms with Gasteiger partial charge in [-0.25, -0.2) is 0 Å². The van der Waals surface area contributed by atoms with Gasteiger partial charge in [0.05, 0.1) is 12.7 Å². The first kappa shape index (κ1) is 14.7. The number of benzene rings is 1. The van der Waals surface area contributed by atoms with Crippen molar-refractivity contribution >= 4 is 11.6 Å². The summed E-state index contributed by atoms with van der Waals surface area (Å²) in [6.07, 6.45) is 1.95. The highest BCUT2D eigenvalue weighted by Gasteiger charge is 2.25. The molecule has 2 rings (SSSR count). The number of methoxy groups -OCH3 is 2. The van der Waals surface area contributed by atoms with Crippen LogP contribution in [0.1, 0.15) is 23.2 Å². The van der Waals surface area contributed by atoms with Crippen LogP contribution in [0.2, 0.25) is 0 Å². The number of anilines is 1. The van der Waals surface area contributed by atoms with Crippen molar-refractivity contribution < 1.29 is 14.3 Å². The molecule has 1 aromatic carbocycles. The van der Waals surface area contributed by atoms with Gasteiger partial charge in [0.2, 0.25) is 0 Å². The molecule has 20 heavy (non-hydrogen) atoms. The van der Waals surface area contributed by atoms with E-state index in [4.69, 9.17) is 15.2 Å². The monoisotopic (exact) mass is 278 g/mol. The van der Waals surface area contributed by atoms with Crippen molar-refractivity contribution in [3.63, 3.8) is 0 Å². The predicted molar refractivity (Wildman–Crippen MR) is 77.9 cm³/mol. The van der Waals surface area contributed by atoms with Gasteiger partial charge in [-0.05, 0) is 37.0 Å². The van der Waals surface area contributed by atoms with Crippen LogP contribution in [-0.4, -0.2) is 44.7 Å². The molecule has 0 atom stereocenters. The highest BCUT2D eigenvalue weighted by molar-refractivity contribution is 5.97. The van der Waals surface area contributed by atoms with Gasteiger partial charge in [0, 0.05) is 32.5 Å². The van der Waals surface area contributed by atoms with Crippen LogP contribution in [-0.2, 0) is 4.74 Å². The molecule has 0 bridgehead atoms. The zero-order valence-electron chi connectivity index (χ0n) is 12.1. The molecule has 1 saturated heterocycles. The van der Waals surface area contributed by atoms with Crippen LogP contribution in [0.25, 0.3) is 0 Å². The number of hydrogen-bond donors (Lipinski definition) is 1. The van der Waals surface area contributed by atoms with Crippen molar-refractivity contribution in [3.05, 3.63) is 23.8 Å². The summed E-state index contributed by atoms with van der Waals surface area (Å²) in [5.74, 6) is 1.11. The maximum absolute atomic E-state index is 12.6. The molecule has 0 aromatic heterocycles. The van der Waals surface area contributed by atoms with Crippen LogP contribution in [0.3, 0.4) is 0 Å². The number of ether oxygens (including phenoxy) is 2. The average Bonchev–Trinajstić information content (AvgIpc) is 2.47. The zero-order valence-corrected chi connectivity index (χ0v) is 12.1. The molecule has 5 heteroatoms. The van der Waals surface area contributed by atoms with Gasteiger partial charge in [-0.2, -0.15) is 0 Å². The van der Waals surface area contributed by atoms with Crippen molar-refractivity contribution in [3.8, 4) is 5.75 Å². The van der Waals surface area contributed by atoms with Crippen molar-refractivity contribution in [1.82, 2.24) is 4.90 Å². The topological polar surface area (TPSA) is 64.8 Å². The summed E-state index contributed by atoms with van der Waals surface area (Å²) in [4.78, 5) is 14.4. The maximum atomic E-state index is 12.6. The fourth-order valence-corrected chi connectivity index (χ4v) is 2.60. The molecule has 0 radical (unpaired) electrons. The molecular weight excluding hydrogens is 256 g/mol. The molecule has 1 heterocycles. The fourth-order valence-electron chi connectivity index (χ4n) is 2.60. The minimum atomic E-state index is -0.00924. The van der Waals surface area contributed by atoms with Gasteiger partial charge >= 0.3 is 0 Å². The van der Waals surface area contributed by atoms with E-state index in [9.17, 15) is 4.79 Å². The third kappa shape index (κ3) is 3.22. The molecule has 0 spiro atoms. The van der Waals surface area contributed by atoms with Crippen molar-refractivity contribution in [1.29, 1.82) is 0 Å². The summed E-state index contributed by atoms with van der Waals surface area (Å²) >= 11 is 0. The standard InChI is InChI=1S/C15H22N2O3/c1-19-10-11-5-7-17(8-6-11)15(18)13-9-12(16)3-4-14(13)20-2/h3-4,9,11H,5-8,10,16H2,1-2H3. The van der Waals surface area contributed by atoms with Crippen molar-refractivity contribution in [2.45, 2.75) is 12.8 Å². The Morgan fingerprint density at radius 2 is 2.05 bits per heavy atom. The van der Waals surface area contributed by atoms with E-state index in [0.717, 1.165) is 32.5 Å². The number of hydrogen-bond acceptors (Lipinski definition) is 4. The molecule has 1 aliphatic heterocycles. The summed E-state index contributed by atoms with van der Waals surface area (Å²) in [5.41, 5.74) is 6.88.